The lowest BCUT2D eigenvalue weighted by Crippen LogP contribution is -2.20. The van der Waals surface area contributed by atoms with Crippen molar-refractivity contribution in [3.8, 4) is 11.5 Å². The summed E-state index contributed by atoms with van der Waals surface area (Å²) < 4.78 is 10.7. The van der Waals surface area contributed by atoms with Crippen LogP contribution in [0.4, 0.5) is 0 Å². The summed E-state index contributed by atoms with van der Waals surface area (Å²) in [5.41, 5.74) is 1.15. The summed E-state index contributed by atoms with van der Waals surface area (Å²) in [6.07, 6.45) is 5.52. The van der Waals surface area contributed by atoms with Gasteiger partial charge in [0.05, 0.1) is 5.02 Å². The molecule has 3 nitrogen and oxygen atoms in total. The molecule has 18 heavy (non-hydrogen) atoms. The maximum Gasteiger partial charge on any atom is 0.231 e. The van der Waals surface area contributed by atoms with Crippen LogP contribution in [-0.4, -0.2) is 13.3 Å². The predicted octanol–water partition coefficient (Wildman–Crippen LogP) is 3.35. The highest BCUT2D eigenvalue weighted by Crippen LogP contribution is 2.39. The van der Waals surface area contributed by atoms with Crippen LogP contribution in [0.5, 0.6) is 11.5 Å². The van der Waals surface area contributed by atoms with Crippen molar-refractivity contribution in [3.05, 3.63) is 22.7 Å². The van der Waals surface area contributed by atoms with Crippen LogP contribution in [0.1, 0.15) is 31.2 Å². The third-order valence-electron chi connectivity index (χ3n) is 3.72. The summed E-state index contributed by atoms with van der Waals surface area (Å²) in [5, 5.41) is 4.15. The first-order valence-corrected chi connectivity index (χ1v) is 6.99. The van der Waals surface area contributed by atoms with Crippen molar-refractivity contribution in [2.45, 2.75) is 32.2 Å². The molecule has 0 unspecified atom stereocenters. The first-order chi connectivity index (χ1) is 8.83. The van der Waals surface area contributed by atoms with Gasteiger partial charge < -0.3 is 14.8 Å². The molecule has 98 valence electrons. The van der Waals surface area contributed by atoms with Crippen LogP contribution in [0.3, 0.4) is 0 Å². The molecule has 0 radical (unpaired) electrons. The van der Waals surface area contributed by atoms with E-state index in [1.807, 2.05) is 12.1 Å². The maximum absolute atomic E-state index is 6.15. The Kier molecular flexibility index (Phi) is 3.62. The average Bonchev–Trinajstić information content (AvgIpc) is 2.99. The molecule has 1 heterocycles. The van der Waals surface area contributed by atoms with E-state index >= 15 is 0 Å². The van der Waals surface area contributed by atoms with Gasteiger partial charge in [0.1, 0.15) is 0 Å². The van der Waals surface area contributed by atoms with Crippen LogP contribution in [0.25, 0.3) is 0 Å². The summed E-state index contributed by atoms with van der Waals surface area (Å²) in [5.74, 6) is 2.30. The number of rotatable bonds is 4. The summed E-state index contributed by atoms with van der Waals surface area (Å²) >= 11 is 6.15. The molecule has 1 saturated carbocycles. The molecule has 2 aliphatic rings. The maximum atomic E-state index is 6.15. The number of benzene rings is 1. The van der Waals surface area contributed by atoms with E-state index in [-0.39, 0.29) is 6.79 Å². The Morgan fingerprint density at radius 3 is 2.89 bits per heavy atom. The fourth-order valence-corrected chi connectivity index (χ4v) is 3.05. The minimum atomic E-state index is 0.272. The minimum Gasteiger partial charge on any atom is -0.454 e. The molecule has 4 heteroatoms. The van der Waals surface area contributed by atoms with Gasteiger partial charge in [-0.1, -0.05) is 24.4 Å². The van der Waals surface area contributed by atoms with E-state index in [1.54, 1.807) is 0 Å². The highest BCUT2D eigenvalue weighted by Gasteiger charge is 2.18. The normalized spacial score (nSPS) is 18.5. The molecule has 0 amide bonds. The second-order valence-electron chi connectivity index (χ2n) is 5.09. The fraction of sp³-hybridized carbons (Fsp3) is 0.571. The third kappa shape index (κ3) is 2.57. The SMILES string of the molecule is Clc1cc(CNCC2CCCC2)cc2c1OCO2. The van der Waals surface area contributed by atoms with E-state index in [4.69, 9.17) is 21.1 Å². The molecular weight excluding hydrogens is 250 g/mol. The fourth-order valence-electron chi connectivity index (χ4n) is 2.76. The van der Waals surface area contributed by atoms with Crippen LogP contribution >= 0.6 is 11.6 Å². The largest absolute Gasteiger partial charge is 0.454 e. The number of nitrogens with one attached hydrogen (secondary N) is 1. The van der Waals surface area contributed by atoms with Gasteiger partial charge in [-0.25, -0.2) is 0 Å². The Morgan fingerprint density at radius 2 is 2.06 bits per heavy atom. The second kappa shape index (κ2) is 5.37. The predicted molar refractivity (Wildman–Crippen MR) is 71.2 cm³/mol. The number of fused-ring (bicyclic) bond motifs is 1. The van der Waals surface area contributed by atoms with Crippen molar-refractivity contribution in [2.75, 3.05) is 13.3 Å². The molecule has 1 aromatic carbocycles. The van der Waals surface area contributed by atoms with Crippen molar-refractivity contribution in [2.24, 2.45) is 5.92 Å². The average molecular weight is 268 g/mol. The lowest BCUT2D eigenvalue weighted by molar-refractivity contribution is 0.174. The molecule has 0 atom stereocenters. The van der Waals surface area contributed by atoms with Crippen molar-refractivity contribution in [1.82, 2.24) is 5.32 Å². The van der Waals surface area contributed by atoms with Crippen LogP contribution in [0, 0.1) is 5.92 Å². The Hall–Kier alpha value is -0.930. The number of hydrogen-bond acceptors (Lipinski definition) is 3. The third-order valence-corrected chi connectivity index (χ3v) is 4.00. The first kappa shape index (κ1) is 12.1. The smallest absolute Gasteiger partial charge is 0.231 e. The van der Waals surface area contributed by atoms with Crippen LogP contribution in [0.2, 0.25) is 5.02 Å². The Bertz CT molecular complexity index is 430. The van der Waals surface area contributed by atoms with Crippen molar-refractivity contribution >= 4 is 11.6 Å². The van der Waals surface area contributed by atoms with Crippen molar-refractivity contribution in [1.29, 1.82) is 0 Å². The first-order valence-electron chi connectivity index (χ1n) is 6.61. The summed E-state index contributed by atoms with van der Waals surface area (Å²) in [6.45, 7) is 2.22. The van der Waals surface area contributed by atoms with E-state index in [1.165, 1.54) is 25.7 Å². The summed E-state index contributed by atoms with van der Waals surface area (Å²) in [6, 6.07) is 3.96. The molecular formula is C14H18ClNO2. The van der Waals surface area contributed by atoms with Gasteiger partial charge in [-0.3, -0.25) is 0 Å². The van der Waals surface area contributed by atoms with Crippen LogP contribution < -0.4 is 14.8 Å². The van der Waals surface area contributed by atoms with Gasteiger partial charge in [0.2, 0.25) is 6.79 Å². The second-order valence-corrected chi connectivity index (χ2v) is 5.50. The molecule has 0 saturated heterocycles. The zero-order chi connectivity index (χ0) is 12.4. The molecule has 1 aromatic rings. The van der Waals surface area contributed by atoms with E-state index < -0.39 is 0 Å². The molecule has 0 aromatic heterocycles. The van der Waals surface area contributed by atoms with E-state index in [2.05, 4.69) is 5.32 Å². The monoisotopic (exact) mass is 267 g/mol. The van der Waals surface area contributed by atoms with Gasteiger partial charge in [0, 0.05) is 6.54 Å². The molecule has 0 bridgehead atoms. The topological polar surface area (TPSA) is 30.5 Å². The quantitative estimate of drug-likeness (QED) is 0.908. The van der Waals surface area contributed by atoms with Crippen LogP contribution in [-0.2, 0) is 6.54 Å². The van der Waals surface area contributed by atoms with Gasteiger partial charge in [0.15, 0.2) is 11.5 Å². The van der Waals surface area contributed by atoms with E-state index in [9.17, 15) is 0 Å². The Balaban J connectivity index is 1.57. The number of hydrogen-bond donors (Lipinski definition) is 1. The standard InChI is InChI=1S/C14H18ClNO2/c15-12-5-11(6-13-14(12)18-9-17-13)8-16-7-10-3-1-2-4-10/h5-6,10,16H,1-4,7-9H2. The summed E-state index contributed by atoms with van der Waals surface area (Å²) in [4.78, 5) is 0. The van der Waals surface area contributed by atoms with Gasteiger partial charge in [-0.2, -0.15) is 0 Å². The molecule has 3 rings (SSSR count). The summed E-state index contributed by atoms with van der Waals surface area (Å²) in [7, 11) is 0. The molecule has 1 fully saturated rings. The van der Waals surface area contributed by atoms with E-state index in [0.717, 1.165) is 30.3 Å². The van der Waals surface area contributed by atoms with Crippen molar-refractivity contribution in [3.63, 3.8) is 0 Å². The zero-order valence-corrected chi connectivity index (χ0v) is 11.1. The van der Waals surface area contributed by atoms with Gasteiger partial charge in [-0.15, -0.1) is 0 Å². The molecule has 1 N–H and O–H groups in total. The highest BCUT2D eigenvalue weighted by atomic mass is 35.5. The van der Waals surface area contributed by atoms with Gasteiger partial charge in [0.25, 0.3) is 0 Å². The zero-order valence-electron chi connectivity index (χ0n) is 10.4. The Labute approximate surface area is 112 Å². The van der Waals surface area contributed by atoms with Gasteiger partial charge >= 0.3 is 0 Å². The van der Waals surface area contributed by atoms with Crippen LogP contribution in [0.15, 0.2) is 12.1 Å². The Morgan fingerprint density at radius 1 is 1.22 bits per heavy atom. The number of ether oxygens (including phenoxy) is 2. The van der Waals surface area contributed by atoms with Gasteiger partial charge in [-0.05, 0) is 43.0 Å². The molecule has 0 spiro atoms. The lowest BCUT2D eigenvalue weighted by atomic mass is 10.1. The minimum absolute atomic E-state index is 0.272. The highest BCUT2D eigenvalue weighted by molar-refractivity contribution is 6.32. The lowest BCUT2D eigenvalue weighted by Gasteiger charge is -2.11. The van der Waals surface area contributed by atoms with Crippen molar-refractivity contribution < 1.29 is 9.47 Å². The molecule has 1 aliphatic heterocycles. The molecule has 1 aliphatic carbocycles. The van der Waals surface area contributed by atoms with E-state index in [0.29, 0.717) is 10.8 Å². The number of halogens is 1.